The summed E-state index contributed by atoms with van der Waals surface area (Å²) in [5.74, 6) is -0.141. The van der Waals surface area contributed by atoms with Crippen LogP contribution in [0.3, 0.4) is 0 Å². The summed E-state index contributed by atoms with van der Waals surface area (Å²) in [7, 11) is -3.79. The number of amides is 1. The van der Waals surface area contributed by atoms with Crippen LogP contribution < -0.4 is 0 Å². The van der Waals surface area contributed by atoms with Crippen LogP contribution in [-0.2, 0) is 10.0 Å². The van der Waals surface area contributed by atoms with E-state index in [0.717, 1.165) is 10.9 Å². The van der Waals surface area contributed by atoms with E-state index >= 15 is 0 Å². The highest BCUT2D eigenvalue weighted by molar-refractivity contribution is 7.89. The molecule has 29 heavy (non-hydrogen) atoms. The van der Waals surface area contributed by atoms with E-state index in [9.17, 15) is 18.5 Å². The third-order valence-electron chi connectivity index (χ3n) is 5.03. The smallest absolute Gasteiger partial charge is 0.254 e. The predicted molar refractivity (Wildman–Crippen MR) is 108 cm³/mol. The monoisotopic (exact) mass is 406 g/mol. The van der Waals surface area contributed by atoms with E-state index < -0.39 is 10.0 Å². The molecule has 7 nitrogen and oxygen atoms in total. The lowest BCUT2D eigenvalue weighted by molar-refractivity contribution is 0.0700. The number of sulfonamides is 1. The second-order valence-corrected chi connectivity index (χ2v) is 8.59. The lowest BCUT2D eigenvalue weighted by atomic mass is 10.1. The van der Waals surface area contributed by atoms with Gasteiger partial charge in [-0.25, -0.2) is 8.42 Å². The second-order valence-electron chi connectivity index (χ2n) is 6.68. The second kappa shape index (κ2) is 7.62. The van der Waals surface area contributed by atoms with Crippen LogP contribution >= 0.6 is 0 Å². The highest BCUT2D eigenvalue weighted by Crippen LogP contribution is 2.23. The van der Waals surface area contributed by atoms with Crippen molar-refractivity contribution >= 4 is 26.8 Å². The maximum absolute atomic E-state index is 13.0. The quantitative estimate of drug-likeness (QED) is 0.665. The number of rotatable bonds is 3. The molecule has 0 N–H and O–H groups in total. The molecule has 2 heterocycles. The Kier molecular flexibility index (Phi) is 5.01. The van der Waals surface area contributed by atoms with Crippen molar-refractivity contribution in [1.82, 2.24) is 14.2 Å². The number of carbonyl (C=O) groups excluding carboxylic acids is 1. The van der Waals surface area contributed by atoms with Crippen molar-refractivity contribution in [3.8, 4) is 6.07 Å². The molecule has 0 radical (unpaired) electrons. The summed E-state index contributed by atoms with van der Waals surface area (Å²) in [6.45, 7) is 0.917. The van der Waals surface area contributed by atoms with Gasteiger partial charge >= 0.3 is 0 Å². The van der Waals surface area contributed by atoms with Gasteiger partial charge in [-0.1, -0.05) is 30.3 Å². The van der Waals surface area contributed by atoms with Gasteiger partial charge in [-0.05, 0) is 24.3 Å². The van der Waals surface area contributed by atoms with Gasteiger partial charge < -0.3 is 4.90 Å². The van der Waals surface area contributed by atoms with E-state index in [4.69, 9.17) is 0 Å². The number of para-hydroxylation sites is 1. The molecule has 3 aromatic rings. The Morgan fingerprint density at radius 2 is 1.66 bits per heavy atom. The van der Waals surface area contributed by atoms with Crippen molar-refractivity contribution in [2.75, 3.05) is 26.2 Å². The molecule has 1 aliphatic rings. The van der Waals surface area contributed by atoms with E-state index in [-0.39, 0.29) is 42.5 Å². The van der Waals surface area contributed by atoms with Crippen molar-refractivity contribution in [3.05, 3.63) is 71.9 Å². The Morgan fingerprint density at radius 1 is 0.966 bits per heavy atom. The SMILES string of the molecule is N#Cc1ccccc1S(=O)(=O)N1CCN(C(=O)c2ccnc3ccccc23)CC1. The number of fused-ring (bicyclic) bond motifs is 1. The van der Waals surface area contributed by atoms with Gasteiger partial charge in [0.05, 0.1) is 21.5 Å². The number of nitriles is 1. The summed E-state index contributed by atoms with van der Waals surface area (Å²) in [6, 6.07) is 17.2. The molecule has 0 saturated carbocycles. The van der Waals surface area contributed by atoms with Crippen LogP contribution in [0.1, 0.15) is 15.9 Å². The van der Waals surface area contributed by atoms with E-state index in [1.54, 1.807) is 29.3 Å². The highest BCUT2D eigenvalue weighted by atomic mass is 32.2. The maximum Gasteiger partial charge on any atom is 0.254 e. The minimum Gasteiger partial charge on any atom is -0.336 e. The van der Waals surface area contributed by atoms with Gasteiger partial charge in [0.15, 0.2) is 0 Å². The number of nitrogens with zero attached hydrogens (tertiary/aromatic N) is 4. The van der Waals surface area contributed by atoms with Crippen LogP contribution in [0.4, 0.5) is 0 Å². The number of hydrogen-bond acceptors (Lipinski definition) is 5. The molecule has 1 saturated heterocycles. The molecular weight excluding hydrogens is 388 g/mol. The average molecular weight is 406 g/mol. The summed E-state index contributed by atoms with van der Waals surface area (Å²) in [5.41, 5.74) is 1.42. The van der Waals surface area contributed by atoms with Gasteiger partial charge in [-0.2, -0.15) is 9.57 Å². The van der Waals surface area contributed by atoms with Gasteiger partial charge in [0.2, 0.25) is 10.0 Å². The molecule has 1 aliphatic heterocycles. The van der Waals surface area contributed by atoms with Gasteiger partial charge in [-0.15, -0.1) is 0 Å². The third-order valence-corrected chi connectivity index (χ3v) is 6.99. The number of piperazine rings is 1. The predicted octanol–water partition coefficient (Wildman–Crippen LogP) is 2.25. The summed E-state index contributed by atoms with van der Waals surface area (Å²) >= 11 is 0. The first-order valence-electron chi connectivity index (χ1n) is 9.14. The average Bonchev–Trinajstić information content (AvgIpc) is 2.78. The topological polar surface area (TPSA) is 94.4 Å². The van der Waals surface area contributed by atoms with Crippen molar-refractivity contribution in [2.45, 2.75) is 4.90 Å². The maximum atomic E-state index is 13.0. The Hall–Kier alpha value is -3.28. The summed E-state index contributed by atoms with van der Waals surface area (Å²) in [4.78, 5) is 19.0. The Morgan fingerprint density at radius 3 is 2.41 bits per heavy atom. The molecule has 0 spiro atoms. The normalized spacial score (nSPS) is 15.2. The van der Waals surface area contributed by atoms with Crippen LogP contribution in [0.25, 0.3) is 10.9 Å². The molecule has 8 heteroatoms. The summed E-state index contributed by atoms with van der Waals surface area (Å²) < 4.78 is 27.2. The minimum absolute atomic E-state index is 0.00223. The first kappa shape index (κ1) is 19.1. The molecule has 146 valence electrons. The fraction of sp³-hybridized carbons (Fsp3) is 0.190. The van der Waals surface area contributed by atoms with Crippen molar-refractivity contribution < 1.29 is 13.2 Å². The number of pyridine rings is 1. The minimum atomic E-state index is -3.79. The number of carbonyl (C=O) groups is 1. The molecular formula is C21H18N4O3S. The molecule has 0 unspecified atom stereocenters. The van der Waals surface area contributed by atoms with Gasteiger partial charge in [0.25, 0.3) is 5.91 Å². The number of aromatic nitrogens is 1. The van der Waals surface area contributed by atoms with E-state index in [1.165, 1.54) is 16.4 Å². The van der Waals surface area contributed by atoms with Crippen LogP contribution in [0.2, 0.25) is 0 Å². The van der Waals surface area contributed by atoms with Gasteiger partial charge in [0.1, 0.15) is 6.07 Å². The zero-order valence-electron chi connectivity index (χ0n) is 15.5. The fourth-order valence-corrected chi connectivity index (χ4v) is 5.07. The molecule has 0 bridgehead atoms. The lowest BCUT2D eigenvalue weighted by Crippen LogP contribution is -2.50. The third kappa shape index (κ3) is 3.46. The van der Waals surface area contributed by atoms with Crippen molar-refractivity contribution in [2.24, 2.45) is 0 Å². The summed E-state index contributed by atoms with van der Waals surface area (Å²) in [5, 5.41) is 9.99. The van der Waals surface area contributed by atoms with Crippen LogP contribution in [-0.4, -0.2) is 54.7 Å². The first-order chi connectivity index (χ1) is 14.0. The van der Waals surface area contributed by atoms with Gasteiger partial charge in [-0.3, -0.25) is 9.78 Å². The zero-order valence-corrected chi connectivity index (χ0v) is 16.3. The van der Waals surface area contributed by atoms with E-state index in [0.29, 0.717) is 5.56 Å². The van der Waals surface area contributed by atoms with Crippen LogP contribution in [0.5, 0.6) is 0 Å². The van der Waals surface area contributed by atoms with E-state index in [2.05, 4.69) is 4.98 Å². The highest BCUT2D eigenvalue weighted by Gasteiger charge is 2.32. The van der Waals surface area contributed by atoms with Crippen LogP contribution in [0, 0.1) is 11.3 Å². The largest absolute Gasteiger partial charge is 0.336 e. The lowest BCUT2D eigenvalue weighted by Gasteiger charge is -2.34. The summed E-state index contributed by atoms with van der Waals surface area (Å²) in [6.07, 6.45) is 1.61. The molecule has 0 aliphatic carbocycles. The molecule has 2 aromatic carbocycles. The van der Waals surface area contributed by atoms with Crippen molar-refractivity contribution in [1.29, 1.82) is 5.26 Å². The molecule has 4 rings (SSSR count). The standard InChI is InChI=1S/C21H18N4O3S/c22-15-16-5-1-4-8-20(16)29(27,28)25-13-11-24(12-14-25)21(26)18-9-10-23-19-7-3-2-6-17(18)19/h1-10H,11-14H2. The van der Waals surface area contributed by atoms with Gasteiger partial charge in [0, 0.05) is 37.8 Å². The molecule has 1 fully saturated rings. The van der Waals surface area contributed by atoms with Crippen LogP contribution in [0.15, 0.2) is 65.7 Å². The first-order valence-corrected chi connectivity index (χ1v) is 10.6. The molecule has 1 amide bonds. The Bertz CT molecular complexity index is 1220. The Balaban J connectivity index is 1.54. The molecule has 1 aromatic heterocycles. The van der Waals surface area contributed by atoms with E-state index in [1.807, 2.05) is 30.3 Å². The van der Waals surface area contributed by atoms with Crippen molar-refractivity contribution in [3.63, 3.8) is 0 Å². The Labute approximate surface area is 168 Å². The molecule has 0 atom stereocenters. The fourth-order valence-electron chi connectivity index (χ4n) is 3.51. The number of benzene rings is 2. The zero-order chi connectivity index (χ0) is 20.4. The number of hydrogen-bond donors (Lipinski definition) is 0.